The molecule has 0 aliphatic carbocycles. The van der Waals surface area contributed by atoms with Crippen molar-refractivity contribution >= 4 is 11.6 Å². The predicted molar refractivity (Wildman–Crippen MR) is 70.6 cm³/mol. The number of rotatable bonds is 5. The van der Waals surface area contributed by atoms with Gasteiger partial charge in [0.1, 0.15) is 5.82 Å². The van der Waals surface area contributed by atoms with E-state index in [9.17, 15) is 4.39 Å². The smallest absolute Gasteiger partial charge is 0.124 e. The molecule has 1 N–H and O–H groups in total. The Bertz CT molecular complexity index is 420. The zero-order chi connectivity index (χ0) is 12.7. The Balaban J connectivity index is 2.62. The van der Waals surface area contributed by atoms with Crippen LogP contribution in [0.2, 0.25) is 5.02 Å². The first-order chi connectivity index (χ1) is 8.17. The fourth-order valence-corrected chi connectivity index (χ4v) is 1.92. The lowest BCUT2D eigenvalue weighted by atomic mass is 10.0. The normalized spacial score (nSPS) is 11.8. The highest BCUT2D eigenvalue weighted by Crippen LogP contribution is 2.19. The van der Waals surface area contributed by atoms with E-state index in [0.717, 1.165) is 24.8 Å². The van der Waals surface area contributed by atoms with Gasteiger partial charge in [0.25, 0.3) is 0 Å². The first kappa shape index (κ1) is 14.0. The van der Waals surface area contributed by atoms with Crippen LogP contribution in [0.3, 0.4) is 0 Å². The molecule has 1 aromatic rings. The third kappa shape index (κ3) is 4.77. The summed E-state index contributed by atoms with van der Waals surface area (Å²) in [6.07, 6.45) is 2.62. The Morgan fingerprint density at radius 1 is 1.47 bits per heavy atom. The molecule has 0 aliphatic rings. The first-order valence-corrected chi connectivity index (χ1v) is 6.06. The van der Waals surface area contributed by atoms with Crippen molar-refractivity contribution in [2.75, 3.05) is 7.05 Å². The summed E-state index contributed by atoms with van der Waals surface area (Å²) in [5.74, 6) is 5.62. The maximum absolute atomic E-state index is 12.9. The molecule has 0 saturated heterocycles. The van der Waals surface area contributed by atoms with Gasteiger partial charge in [0.2, 0.25) is 0 Å². The zero-order valence-corrected chi connectivity index (χ0v) is 10.9. The molecule has 0 bridgehead atoms. The van der Waals surface area contributed by atoms with Crippen LogP contribution < -0.4 is 5.32 Å². The van der Waals surface area contributed by atoms with Crippen LogP contribution in [0.4, 0.5) is 4.39 Å². The van der Waals surface area contributed by atoms with Crippen molar-refractivity contribution < 1.29 is 4.39 Å². The van der Waals surface area contributed by atoms with Gasteiger partial charge in [-0.3, -0.25) is 0 Å². The third-order valence-corrected chi connectivity index (χ3v) is 3.04. The number of nitrogens with one attached hydrogen (secondary N) is 1. The van der Waals surface area contributed by atoms with E-state index in [1.54, 1.807) is 6.07 Å². The fraction of sp³-hybridized carbons (Fsp3) is 0.429. The minimum Gasteiger partial charge on any atom is -0.317 e. The molecule has 0 amide bonds. The topological polar surface area (TPSA) is 12.0 Å². The maximum Gasteiger partial charge on any atom is 0.124 e. The molecule has 0 aromatic heterocycles. The number of likely N-dealkylation sites (N-methyl/N-ethyl adjacent to an activating group) is 1. The van der Waals surface area contributed by atoms with Crippen LogP contribution in [0.15, 0.2) is 18.2 Å². The lowest BCUT2D eigenvalue weighted by Gasteiger charge is -2.15. The Morgan fingerprint density at radius 3 is 2.82 bits per heavy atom. The van der Waals surface area contributed by atoms with Crippen molar-refractivity contribution in [1.82, 2.24) is 5.32 Å². The minimum absolute atomic E-state index is 0.295. The van der Waals surface area contributed by atoms with Crippen LogP contribution in [-0.4, -0.2) is 13.1 Å². The van der Waals surface area contributed by atoms with Crippen LogP contribution in [-0.2, 0) is 6.42 Å². The first-order valence-electron chi connectivity index (χ1n) is 5.68. The van der Waals surface area contributed by atoms with Crippen molar-refractivity contribution in [1.29, 1.82) is 0 Å². The molecule has 1 rings (SSSR count). The average Bonchev–Trinajstić information content (AvgIpc) is 2.31. The second-order valence-electron chi connectivity index (χ2n) is 3.89. The number of hydrogen-bond acceptors (Lipinski definition) is 1. The van der Waals surface area contributed by atoms with Gasteiger partial charge in [0.15, 0.2) is 0 Å². The van der Waals surface area contributed by atoms with Crippen molar-refractivity contribution in [3.63, 3.8) is 0 Å². The van der Waals surface area contributed by atoms with Crippen LogP contribution in [0.1, 0.15) is 25.3 Å². The van der Waals surface area contributed by atoms with E-state index in [2.05, 4.69) is 17.2 Å². The van der Waals surface area contributed by atoms with Crippen LogP contribution >= 0.6 is 11.6 Å². The Hall–Kier alpha value is -1.04. The van der Waals surface area contributed by atoms with Gasteiger partial charge in [-0.2, -0.15) is 0 Å². The van der Waals surface area contributed by atoms with E-state index in [1.807, 2.05) is 14.0 Å². The van der Waals surface area contributed by atoms with E-state index in [4.69, 9.17) is 11.6 Å². The van der Waals surface area contributed by atoms with E-state index >= 15 is 0 Å². The molecule has 0 fully saturated rings. The molecule has 17 heavy (non-hydrogen) atoms. The summed E-state index contributed by atoms with van der Waals surface area (Å²) in [6.45, 7) is 1.84. The van der Waals surface area contributed by atoms with Crippen molar-refractivity contribution in [3.05, 3.63) is 34.6 Å². The summed E-state index contributed by atoms with van der Waals surface area (Å²) in [5.41, 5.74) is 0.969. The molecule has 0 spiro atoms. The van der Waals surface area contributed by atoms with Crippen LogP contribution in [0.25, 0.3) is 0 Å². The Labute approximate surface area is 107 Å². The summed E-state index contributed by atoms with van der Waals surface area (Å²) >= 11 is 6.00. The molecular weight excluding hydrogens is 237 g/mol. The van der Waals surface area contributed by atoms with E-state index in [0.29, 0.717) is 11.1 Å². The van der Waals surface area contributed by atoms with Gasteiger partial charge in [-0.05, 0) is 44.5 Å². The molecule has 1 unspecified atom stereocenters. The molecule has 0 radical (unpaired) electrons. The summed E-state index contributed by atoms with van der Waals surface area (Å²) in [7, 11) is 1.92. The quantitative estimate of drug-likeness (QED) is 0.793. The molecular formula is C14H17ClFN. The van der Waals surface area contributed by atoms with E-state index < -0.39 is 0 Å². The molecule has 92 valence electrons. The fourth-order valence-electron chi connectivity index (χ4n) is 1.67. The molecule has 0 aliphatic heterocycles. The maximum atomic E-state index is 12.9. The largest absolute Gasteiger partial charge is 0.317 e. The highest BCUT2D eigenvalue weighted by molar-refractivity contribution is 6.31. The second-order valence-corrected chi connectivity index (χ2v) is 4.30. The van der Waals surface area contributed by atoms with E-state index in [-0.39, 0.29) is 5.82 Å². The molecule has 1 nitrogen and oxygen atoms in total. The van der Waals surface area contributed by atoms with E-state index in [1.165, 1.54) is 12.1 Å². The standard InChI is InChI=1S/C14H17ClFN/c1-3-4-5-6-13(17-2)9-11-7-8-12(16)10-14(11)15/h7-8,10,13,17H,5-6,9H2,1-2H3. The highest BCUT2D eigenvalue weighted by atomic mass is 35.5. The van der Waals surface area contributed by atoms with Gasteiger partial charge in [-0.15, -0.1) is 11.8 Å². The van der Waals surface area contributed by atoms with Crippen LogP contribution in [0, 0.1) is 17.7 Å². The van der Waals surface area contributed by atoms with Crippen molar-refractivity contribution in [3.8, 4) is 11.8 Å². The number of halogens is 2. The molecule has 0 saturated carbocycles. The lowest BCUT2D eigenvalue weighted by Crippen LogP contribution is -2.27. The zero-order valence-electron chi connectivity index (χ0n) is 10.2. The average molecular weight is 254 g/mol. The third-order valence-electron chi connectivity index (χ3n) is 2.68. The summed E-state index contributed by atoms with van der Waals surface area (Å²) in [6, 6.07) is 4.86. The predicted octanol–water partition coefficient (Wildman–Crippen LogP) is 3.41. The Kier molecular flexibility index (Phi) is 6.04. The molecule has 1 aromatic carbocycles. The summed E-state index contributed by atoms with van der Waals surface area (Å²) in [5, 5.41) is 3.72. The monoisotopic (exact) mass is 253 g/mol. The molecule has 3 heteroatoms. The van der Waals surface area contributed by atoms with Gasteiger partial charge in [-0.25, -0.2) is 4.39 Å². The molecule has 0 heterocycles. The van der Waals surface area contributed by atoms with Gasteiger partial charge in [0.05, 0.1) is 0 Å². The van der Waals surface area contributed by atoms with Gasteiger partial charge < -0.3 is 5.32 Å². The summed E-state index contributed by atoms with van der Waals surface area (Å²) in [4.78, 5) is 0. The van der Waals surface area contributed by atoms with Gasteiger partial charge in [0, 0.05) is 17.5 Å². The SMILES string of the molecule is CC#CCCC(Cc1ccc(F)cc1Cl)NC. The van der Waals surface area contributed by atoms with Crippen molar-refractivity contribution in [2.45, 2.75) is 32.2 Å². The minimum atomic E-state index is -0.295. The lowest BCUT2D eigenvalue weighted by molar-refractivity contribution is 0.527. The Morgan fingerprint density at radius 2 is 2.24 bits per heavy atom. The van der Waals surface area contributed by atoms with Gasteiger partial charge >= 0.3 is 0 Å². The number of hydrogen-bond donors (Lipinski definition) is 1. The molecule has 1 atom stereocenters. The van der Waals surface area contributed by atoms with Gasteiger partial charge in [-0.1, -0.05) is 17.7 Å². The van der Waals surface area contributed by atoms with Crippen LogP contribution in [0.5, 0.6) is 0 Å². The van der Waals surface area contributed by atoms with Crippen molar-refractivity contribution in [2.24, 2.45) is 0 Å². The summed E-state index contributed by atoms with van der Waals surface area (Å²) < 4.78 is 12.9. The highest BCUT2D eigenvalue weighted by Gasteiger charge is 2.09. The second kappa shape index (κ2) is 7.32. The number of benzene rings is 1.